The van der Waals surface area contributed by atoms with Crippen LogP contribution in [0.25, 0.3) is 0 Å². The molecule has 4 nitrogen and oxygen atoms in total. The minimum Gasteiger partial charge on any atom is -0.313 e. The minimum absolute atomic E-state index is 0.0836. The van der Waals surface area contributed by atoms with Gasteiger partial charge in [-0.1, -0.05) is 6.07 Å². The molecule has 0 bridgehead atoms. The Balaban J connectivity index is 2.16. The molecule has 0 aromatic carbocycles. The van der Waals surface area contributed by atoms with Gasteiger partial charge in [0.1, 0.15) is 5.69 Å². The third-order valence-electron chi connectivity index (χ3n) is 2.60. The molecule has 1 aliphatic heterocycles. The van der Waals surface area contributed by atoms with E-state index in [1.54, 1.807) is 6.20 Å². The largest absolute Gasteiger partial charge is 0.313 e. The van der Waals surface area contributed by atoms with E-state index in [2.05, 4.69) is 15.6 Å². The van der Waals surface area contributed by atoms with Gasteiger partial charge in [0.2, 0.25) is 0 Å². The van der Waals surface area contributed by atoms with E-state index in [9.17, 15) is 4.79 Å². The minimum atomic E-state index is -0.132. The third kappa shape index (κ3) is 2.22. The summed E-state index contributed by atoms with van der Waals surface area (Å²) in [7, 11) is 0. The monoisotopic (exact) mass is 205 g/mol. The molecule has 15 heavy (non-hydrogen) atoms. The number of nitrogens with zero attached hydrogens (tertiary/aromatic N) is 1. The molecule has 0 radical (unpaired) electrons. The highest BCUT2D eigenvalue weighted by Crippen LogP contribution is 2.07. The van der Waals surface area contributed by atoms with Gasteiger partial charge in [-0.3, -0.25) is 9.78 Å². The molecule has 0 saturated carbocycles. The predicted molar refractivity (Wildman–Crippen MR) is 58.0 cm³/mol. The van der Waals surface area contributed by atoms with E-state index in [0.717, 1.165) is 18.7 Å². The third-order valence-corrected chi connectivity index (χ3v) is 2.60. The fraction of sp³-hybridized carbons (Fsp3) is 0.455. The lowest BCUT2D eigenvalue weighted by Crippen LogP contribution is -2.52. The van der Waals surface area contributed by atoms with E-state index in [4.69, 9.17) is 0 Å². The van der Waals surface area contributed by atoms with Gasteiger partial charge in [0.15, 0.2) is 5.78 Å². The van der Waals surface area contributed by atoms with Gasteiger partial charge >= 0.3 is 0 Å². The molecule has 1 atom stereocenters. The number of piperazine rings is 1. The van der Waals surface area contributed by atoms with Crippen LogP contribution < -0.4 is 10.6 Å². The highest BCUT2D eigenvalue weighted by Gasteiger charge is 2.23. The number of hydrogen-bond acceptors (Lipinski definition) is 4. The molecule has 1 aromatic rings. The second-order valence-electron chi connectivity index (χ2n) is 3.74. The quantitative estimate of drug-likeness (QED) is 0.674. The maximum absolute atomic E-state index is 12.1. The summed E-state index contributed by atoms with van der Waals surface area (Å²) in [5, 5.41) is 6.39. The van der Waals surface area contributed by atoms with E-state index >= 15 is 0 Å². The van der Waals surface area contributed by atoms with Crippen LogP contribution in [-0.4, -0.2) is 36.4 Å². The summed E-state index contributed by atoms with van der Waals surface area (Å²) in [4.78, 5) is 16.2. The Labute approximate surface area is 89.1 Å². The fourth-order valence-electron chi connectivity index (χ4n) is 1.75. The van der Waals surface area contributed by atoms with E-state index in [1.165, 1.54) is 0 Å². The average molecular weight is 205 g/mol. The number of nitrogens with one attached hydrogen (secondary N) is 2. The number of pyridine rings is 1. The van der Waals surface area contributed by atoms with Gasteiger partial charge in [0.25, 0.3) is 0 Å². The Kier molecular flexibility index (Phi) is 3.08. The molecule has 1 unspecified atom stereocenters. The van der Waals surface area contributed by atoms with E-state index < -0.39 is 0 Å². The van der Waals surface area contributed by atoms with Gasteiger partial charge < -0.3 is 10.6 Å². The van der Waals surface area contributed by atoms with Crippen LogP contribution in [0.2, 0.25) is 0 Å². The maximum Gasteiger partial charge on any atom is 0.199 e. The summed E-state index contributed by atoms with van der Waals surface area (Å²) in [6, 6.07) is 3.63. The zero-order chi connectivity index (χ0) is 10.7. The van der Waals surface area contributed by atoms with Crippen molar-refractivity contribution in [2.24, 2.45) is 0 Å². The molecule has 1 saturated heterocycles. The highest BCUT2D eigenvalue weighted by atomic mass is 16.1. The van der Waals surface area contributed by atoms with Crippen molar-refractivity contribution in [2.75, 3.05) is 19.6 Å². The van der Waals surface area contributed by atoms with Crippen LogP contribution in [-0.2, 0) is 0 Å². The first kappa shape index (κ1) is 10.3. The smallest absolute Gasteiger partial charge is 0.199 e. The molecule has 0 amide bonds. The summed E-state index contributed by atoms with van der Waals surface area (Å²) in [5.74, 6) is 0.0836. The summed E-state index contributed by atoms with van der Waals surface area (Å²) < 4.78 is 0. The number of Topliss-reactive ketones (excluding diaryl/α,β-unsaturated/α-hetero) is 1. The number of carbonyl (C=O) groups excluding carboxylic acids is 1. The molecule has 4 heteroatoms. The lowest BCUT2D eigenvalue weighted by molar-refractivity contribution is 0.0929. The van der Waals surface area contributed by atoms with Gasteiger partial charge in [0.05, 0.1) is 6.04 Å². The molecule has 1 aromatic heterocycles. The van der Waals surface area contributed by atoms with Crippen molar-refractivity contribution in [1.29, 1.82) is 0 Å². The second-order valence-corrected chi connectivity index (χ2v) is 3.74. The van der Waals surface area contributed by atoms with Gasteiger partial charge in [-0.25, -0.2) is 0 Å². The van der Waals surface area contributed by atoms with Crippen LogP contribution >= 0.6 is 0 Å². The second kappa shape index (κ2) is 4.51. The van der Waals surface area contributed by atoms with Crippen molar-refractivity contribution in [3.63, 3.8) is 0 Å². The first-order valence-corrected chi connectivity index (χ1v) is 5.19. The number of rotatable bonds is 2. The lowest BCUT2D eigenvalue weighted by atomic mass is 10.0. The first-order valence-electron chi connectivity index (χ1n) is 5.19. The molecule has 1 aliphatic rings. The fourth-order valence-corrected chi connectivity index (χ4v) is 1.75. The Morgan fingerprint density at radius 1 is 1.53 bits per heavy atom. The van der Waals surface area contributed by atoms with Gasteiger partial charge in [-0.2, -0.15) is 0 Å². The summed E-state index contributed by atoms with van der Waals surface area (Å²) in [6.45, 7) is 4.36. The zero-order valence-electron chi connectivity index (χ0n) is 8.79. The van der Waals surface area contributed by atoms with Gasteiger partial charge in [0, 0.05) is 25.8 Å². The Bertz CT molecular complexity index is 359. The number of aromatic nitrogens is 1. The van der Waals surface area contributed by atoms with Crippen molar-refractivity contribution in [3.05, 3.63) is 29.6 Å². The Hall–Kier alpha value is -1.26. The highest BCUT2D eigenvalue weighted by molar-refractivity contribution is 5.99. The standard InChI is InChI=1S/C11H15N3O/c1-8-3-2-4-14-10(8)11(15)9-7-12-5-6-13-9/h2-4,9,12-13H,5-7H2,1H3. The van der Waals surface area contributed by atoms with E-state index in [0.29, 0.717) is 12.2 Å². The van der Waals surface area contributed by atoms with Crippen molar-refractivity contribution in [3.8, 4) is 0 Å². The van der Waals surface area contributed by atoms with Gasteiger partial charge in [-0.05, 0) is 18.6 Å². The van der Waals surface area contributed by atoms with Crippen LogP contribution in [0.1, 0.15) is 16.1 Å². The number of carbonyl (C=O) groups is 1. The maximum atomic E-state index is 12.1. The SMILES string of the molecule is Cc1cccnc1C(=O)C1CNCCN1. The van der Waals surface area contributed by atoms with E-state index in [-0.39, 0.29) is 11.8 Å². The molecule has 1 fully saturated rings. The Morgan fingerprint density at radius 2 is 2.40 bits per heavy atom. The van der Waals surface area contributed by atoms with Crippen molar-refractivity contribution in [1.82, 2.24) is 15.6 Å². The first-order chi connectivity index (χ1) is 7.29. The molecule has 0 spiro atoms. The summed E-state index contributed by atoms with van der Waals surface area (Å²) in [5.41, 5.74) is 1.52. The van der Waals surface area contributed by atoms with Crippen molar-refractivity contribution >= 4 is 5.78 Å². The number of aryl methyl sites for hydroxylation is 1. The topological polar surface area (TPSA) is 54.0 Å². The summed E-state index contributed by atoms with van der Waals surface area (Å²) in [6.07, 6.45) is 1.66. The molecule has 0 aliphatic carbocycles. The molecule has 2 heterocycles. The van der Waals surface area contributed by atoms with Crippen LogP contribution in [0, 0.1) is 6.92 Å². The van der Waals surface area contributed by atoms with Crippen LogP contribution in [0.5, 0.6) is 0 Å². The van der Waals surface area contributed by atoms with Gasteiger partial charge in [-0.15, -0.1) is 0 Å². The Morgan fingerprint density at radius 3 is 3.07 bits per heavy atom. The van der Waals surface area contributed by atoms with Crippen LogP contribution in [0.4, 0.5) is 0 Å². The molecular weight excluding hydrogens is 190 g/mol. The average Bonchev–Trinajstić information content (AvgIpc) is 2.30. The zero-order valence-corrected chi connectivity index (χ0v) is 8.79. The van der Waals surface area contributed by atoms with Crippen molar-refractivity contribution in [2.45, 2.75) is 13.0 Å². The van der Waals surface area contributed by atoms with Crippen LogP contribution in [0.3, 0.4) is 0 Å². The molecule has 2 N–H and O–H groups in total. The normalized spacial score (nSPS) is 21.3. The number of hydrogen-bond donors (Lipinski definition) is 2. The lowest BCUT2D eigenvalue weighted by Gasteiger charge is -2.23. The van der Waals surface area contributed by atoms with Crippen LogP contribution in [0.15, 0.2) is 18.3 Å². The molecule has 80 valence electrons. The molecule has 2 rings (SSSR count). The number of ketones is 1. The van der Waals surface area contributed by atoms with Crippen molar-refractivity contribution < 1.29 is 4.79 Å². The molecular formula is C11H15N3O. The van der Waals surface area contributed by atoms with E-state index in [1.807, 2.05) is 19.1 Å². The predicted octanol–water partition coefficient (Wildman–Crippen LogP) is 0.134. The summed E-state index contributed by atoms with van der Waals surface area (Å²) >= 11 is 0.